The Kier molecular flexibility index (Phi) is 37.1. The number of nitrogen functional groups attached to an aromatic ring is 1. The summed E-state index contributed by atoms with van der Waals surface area (Å²) >= 11 is 0. The van der Waals surface area contributed by atoms with Gasteiger partial charge in [0.15, 0.2) is 11.9 Å². The van der Waals surface area contributed by atoms with Crippen molar-refractivity contribution < 1.29 is 77.0 Å². The number of primary amides is 2. The van der Waals surface area contributed by atoms with Gasteiger partial charge in [-0.05, 0) is 70.7 Å². The third kappa shape index (κ3) is 31.3. The third-order valence-corrected chi connectivity index (χ3v) is 14.8. The number of carbonyl (C=O) groups excluding carboxylic acids is 15. The number of hydrazine groups is 1. The summed E-state index contributed by atoms with van der Waals surface area (Å²) in [6.07, 6.45) is 6.93. The highest BCUT2D eigenvalue weighted by atomic mass is 16.3. The van der Waals surface area contributed by atoms with Crippen LogP contribution in [-0.2, 0) is 57.5 Å². The Bertz CT molecular complexity index is 3290. The molecule has 40 N–H and O–H groups in total. The van der Waals surface area contributed by atoms with E-state index in [9.17, 15) is 77.0 Å². The average Bonchev–Trinajstić information content (AvgIpc) is 0.841. The van der Waals surface area contributed by atoms with E-state index >= 15 is 0 Å². The first-order valence-corrected chi connectivity index (χ1v) is 31.9. The van der Waals surface area contributed by atoms with Crippen molar-refractivity contribution >= 4 is 101 Å². The molecule has 47 heteroatoms. The number of aliphatic imine (C=N–C) groups is 2. The number of amides is 17. The van der Waals surface area contributed by atoms with Gasteiger partial charge in [0, 0.05) is 94.6 Å². The van der Waals surface area contributed by atoms with Crippen LogP contribution in [0.5, 0.6) is 0 Å². The van der Waals surface area contributed by atoms with Gasteiger partial charge in [-0.25, -0.2) is 15.4 Å². The molecule has 5 rings (SSSR count). The van der Waals surface area contributed by atoms with E-state index in [0.717, 1.165) is 12.4 Å². The zero-order valence-electron chi connectivity index (χ0n) is 56.2. The minimum absolute atomic E-state index is 0.0101. The third-order valence-electron chi connectivity index (χ3n) is 14.8. The maximum Gasteiger partial charge on any atom is 0.316 e. The summed E-state index contributed by atoms with van der Waals surface area (Å²) in [6.45, 7) is -0.284. The summed E-state index contributed by atoms with van der Waals surface area (Å²) in [5.41, 5.74) is 57.8. The van der Waals surface area contributed by atoms with E-state index in [1.54, 1.807) is 12.1 Å². The number of hydrogen-bond acceptors (Lipinski definition) is 30. The molecule has 17 amide bonds. The van der Waals surface area contributed by atoms with Gasteiger partial charge in [0.25, 0.3) is 17.7 Å². The predicted molar refractivity (Wildman–Crippen MR) is 364 cm³/mol. The average molecular weight is 1460 g/mol. The first-order valence-electron chi connectivity index (χ1n) is 31.9. The van der Waals surface area contributed by atoms with E-state index in [2.05, 4.69) is 94.7 Å². The zero-order chi connectivity index (χ0) is 76.9. The maximum atomic E-state index is 13.5. The fourth-order valence-electron chi connectivity index (χ4n) is 9.22. The standard InChI is InChI=1S/C25H44N14O8.C25H44N14O7.C6H7N3O/c26-4-1-2-11(27)6-17(41)32-8-14-20(43)35-15(9-34-25(30)47)21(44)39-18(13-3-5-31-24(29)38-13)23(46)33-7-12(28)19(42)37-16(10-40)22(45)36-14;1-11-19(41)36-15(9-32-17(40)7-12(27)3-2-5-26)21(43)37-16(10-34-25(30)46)22(44)39-18(14-4-6-31-24(29)38-14)23(45)33-8-13(28)20(42)35-11;7-9-6(10)5-1-3-8-4-2-5/h9,11-14,16,18,40H,1-8,10,26-28H2,(H,32,41)(H,33,46)(H,35,43)(H,36,45)(H,37,42)(H,39,44)(H3,29,31,38)(H3,30,34,47);10-15,18H,2-9,26-28H2,1H3,(H,32,40)(H,33,45)(H,35,42)(H,36,41)(H,37,43)(H,39,44)(H3,29,31,38)(H3,30,34,46);1-4H,7H2,(H,9,10)/b15-9+;16-10+;/t11-,12-,13+,14-,16-,18-;11-,12-,13-,14+,15-,18-;/m00./s1. The minimum Gasteiger partial charge on any atom is -0.394 e. The van der Waals surface area contributed by atoms with Gasteiger partial charge in [0.05, 0.1) is 18.7 Å². The van der Waals surface area contributed by atoms with Crippen LogP contribution in [0.15, 0.2) is 58.3 Å². The number of hydrogen-bond donors (Lipinski definition) is 29. The molecular formula is C56H95N31O16. The first kappa shape index (κ1) is 85.7. The van der Waals surface area contributed by atoms with Crippen LogP contribution in [-0.4, -0.2) is 242 Å². The second-order valence-electron chi connectivity index (χ2n) is 23.0. The molecule has 2 saturated heterocycles. The lowest BCUT2D eigenvalue weighted by Gasteiger charge is -2.31. The lowest BCUT2D eigenvalue weighted by molar-refractivity contribution is -0.134. The molecule has 2 fully saturated rings. The molecule has 47 nitrogen and oxygen atoms in total. The summed E-state index contributed by atoms with van der Waals surface area (Å²) in [4.78, 5) is 202. The lowest BCUT2D eigenvalue weighted by Crippen LogP contribution is -2.64. The summed E-state index contributed by atoms with van der Waals surface area (Å²) < 4.78 is 0. The van der Waals surface area contributed by atoms with E-state index in [4.69, 9.17) is 63.2 Å². The molecule has 0 saturated carbocycles. The normalized spacial score (nSPS) is 24.7. The highest BCUT2D eigenvalue weighted by Crippen LogP contribution is 2.10. The molecule has 0 aliphatic carbocycles. The highest BCUT2D eigenvalue weighted by molar-refractivity contribution is 6.04. The Morgan fingerprint density at radius 2 is 0.981 bits per heavy atom. The van der Waals surface area contributed by atoms with Gasteiger partial charge in [-0.2, -0.15) is 0 Å². The van der Waals surface area contributed by atoms with Crippen molar-refractivity contribution in [2.75, 3.05) is 59.0 Å². The molecule has 4 aliphatic heterocycles. The number of aliphatic hydroxyl groups is 1. The van der Waals surface area contributed by atoms with Crippen LogP contribution < -0.4 is 154 Å². The second-order valence-corrected chi connectivity index (χ2v) is 23.0. The Labute approximate surface area is 588 Å². The van der Waals surface area contributed by atoms with Crippen LogP contribution in [0.1, 0.15) is 68.6 Å². The number of guanidine groups is 2. The number of nitrogens with two attached hydrogens (primary N) is 11. The monoisotopic (exact) mass is 1460 g/mol. The van der Waals surface area contributed by atoms with E-state index in [-0.39, 0.29) is 63.1 Å². The van der Waals surface area contributed by atoms with Gasteiger partial charge in [-0.3, -0.25) is 82.7 Å². The fourth-order valence-corrected chi connectivity index (χ4v) is 9.22. The Morgan fingerprint density at radius 1 is 0.573 bits per heavy atom. The van der Waals surface area contributed by atoms with E-state index < -0.39 is 193 Å². The van der Waals surface area contributed by atoms with Crippen molar-refractivity contribution in [2.24, 2.45) is 73.2 Å². The van der Waals surface area contributed by atoms with Crippen molar-refractivity contribution in [1.82, 2.24) is 95.5 Å². The maximum absolute atomic E-state index is 13.5. The SMILES string of the molecule is C[C@@H]1NC(=O)[C@@H](N)CNC(=O)[C@H]([C@H]2CCN=C(N)N2)NC(=O)/C(=C\NC(N)=O)NC(=O)[C@H](CNC(=O)C[C@@H](N)CCCN)NC1=O.NCCC[C@H](N)CC(=O)NC[C@@H]1NC(=O)[C@H](CO)NC(=O)[C@@H](N)CNC(=O)[C@H]([C@H]2CCN=C(N)N2)NC(=O)/C(=C\NC(N)=O)NC1=O.NNC(=O)c1ccncc1. The van der Waals surface area contributed by atoms with Crippen LogP contribution in [0.4, 0.5) is 9.59 Å². The Hall–Kier alpha value is -11.5. The molecule has 1 aromatic heterocycles. The van der Waals surface area contributed by atoms with E-state index in [1.807, 2.05) is 10.7 Å². The number of urea groups is 2. The smallest absolute Gasteiger partial charge is 0.316 e. The summed E-state index contributed by atoms with van der Waals surface area (Å²) in [7, 11) is 0. The molecule has 1 aromatic rings. The summed E-state index contributed by atoms with van der Waals surface area (Å²) in [5, 5.41) is 48.1. The van der Waals surface area contributed by atoms with Crippen LogP contribution in [0, 0.1) is 0 Å². The van der Waals surface area contributed by atoms with Crippen LogP contribution in [0.3, 0.4) is 0 Å². The number of rotatable bonds is 20. The molecule has 0 spiro atoms. The molecule has 103 heavy (non-hydrogen) atoms. The van der Waals surface area contributed by atoms with Crippen molar-refractivity contribution in [3.8, 4) is 0 Å². The van der Waals surface area contributed by atoms with Gasteiger partial charge < -0.3 is 148 Å². The fraction of sp³-hybridized carbons (Fsp3) is 0.536. The van der Waals surface area contributed by atoms with Crippen LogP contribution in [0.2, 0.25) is 0 Å². The van der Waals surface area contributed by atoms with Gasteiger partial charge in [0.1, 0.15) is 59.7 Å². The number of nitrogens with one attached hydrogen (secondary N) is 17. The van der Waals surface area contributed by atoms with E-state index in [0.29, 0.717) is 44.3 Å². The van der Waals surface area contributed by atoms with Crippen LogP contribution >= 0.6 is 0 Å². The predicted octanol–water partition coefficient (Wildman–Crippen LogP) is -15.8. The van der Waals surface area contributed by atoms with E-state index in [1.165, 1.54) is 19.3 Å². The highest BCUT2D eigenvalue weighted by Gasteiger charge is 2.38. The summed E-state index contributed by atoms with van der Waals surface area (Å²) in [6, 6.07) is -13.2. The topological polar surface area (TPSA) is 805 Å². The van der Waals surface area contributed by atoms with Crippen molar-refractivity contribution in [3.05, 3.63) is 53.9 Å². The minimum atomic E-state index is -1.63. The molecule has 0 bridgehead atoms. The Balaban J connectivity index is 0.000000470. The number of aromatic nitrogens is 1. The zero-order valence-corrected chi connectivity index (χ0v) is 56.2. The van der Waals surface area contributed by atoms with Crippen molar-refractivity contribution in [2.45, 2.75) is 131 Å². The quantitative estimate of drug-likeness (QED) is 0.0249. The largest absolute Gasteiger partial charge is 0.394 e. The molecule has 0 unspecified atom stereocenters. The second kappa shape index (κ2) is 44.6. The number of nitrogens with zero attached hydrogens (tertiary/aromatic N) is 3. The number of aliphatic hydroxyl groups excluding tert-OH is 1. The summed E-state index contributed by atoms with van der Waals surface area (Å²) in [5.74, 6) is -6.08. The number of carbonyl (C=O) groups is 15. The lowest BCUT2D eigenvalue weighted by atomic mass is 10.0. The van der Waals surface area contributed by atoms with Gasteiger partial charge in [-0.1, -0.05) is 0 Å². The Morgan fingerprint density at radius 3 is 1.37 bits per heavy atom. The molecule has 4 aliphatic rings. The molecule has 0 aromatic carbocycles. The molecule has 5 heterocycles. The molecule has 570 valence electrons. The van der Waals surface area contributed by atoms with Gasteiger partial charge in [-0.15, -0.1) is 0 Å². The van der Waals surface area contributed by atoms with Crippen LogP contribution in [0.25, 0.3) is 0 Å². The van der Waals surface area contributed by atoms with Gasteiger partial charge in [0.2, 0.25) is 59.1 Å². The van der Waals surface area contributed by atoms with Crippen molar-refractivity contribution in [3.63, 3.8) is 0 Å². The van der Waals surface area contributed by atoms with Gasteiger partial charge >= 0.3 is 12.1 Å². The van der Waals surface area contributed by atoms with Crippen molar-refractivity contribution in [1.29, 1.82) is 0 Å². The number of pyridine rings is 1. The molecule has 0 radical (unpaired) electrons. The first-order chi connectivity index (χ1) is 48.8. The molecule has 12 atom stereocenters. The molecular weight excluding hydrogens is 1360 g/mol.